The molecule has 1 aromatic carbocycles. The van der Waals surface area contributed by atoms with Crippen molar-refractivity contribution in [2.45, 2.75) is 11.0 Å². The summed E-state index contributed by atoms with van der Waals surface area (Å²) in [5.74, 6) is 2.63. The van der Waals surface area contributed by atoms with Gasteiger partial charge in [0.15, 0.2) is 0 Å². The fraction of sp³-hybridized carbons (Fsp3) is 0.400. The molecule has 2 rings (SSSR count). The highest BCUT2D eigenvalue weighted by Crippen LogP contribution is 2.43. The van der Waals surface area contributed by atoms with Crippen molar-refractivity contribution in [2.75, 3.05) is 11.5 Å². The summed E-state index contributed by atoms with van der Waals surface area (Å²) in [5.41, 5.74) is 1.45. The summed E-state index contributed by atoms with van der Waals surface area (Å²) in [4.78, 5) is 0. The molecular weight excluding hydrogens is 184 g/mol. The van der Waals surface area contributed by atoms with Crippen LogP contribution < -0.4 is 0 Å². The van der Waals surface area contributed by atoms with E-state index in [1.165, 1.54) is 23.5 Å². The van der Waals surface area contributed by atoms with Crippen LogP contribution in [-0.4, -0.2) is 11.5 Å². The average Bonchev–Trinajstić information content (AvgIpc) is 2.21. The highest BCUT2D eigenvalue weighted by molar-refractivity contribution is 8.16. The Morgan fingerprint density at radius 1 is 1.17 bits per heavy atom. The third kappa shape index (κ3) is 1.99. The first-order valence-electron chi connectivity index (χ1n) is 4.16. The molecule has 0 N–H and O–H groups in total. The van der Waals surface area contributed by atoms with Crippen LogP contribution in [0.5, 0.6) is 0 Å². The molecule has 0 aromatic heterocycles. The van der Waals surface area contributed by atoms with Gasteiger partial charge >= 0.3 is 0 Å². The van der Waals surface area contributed by atoms with E-state index in [9.17, 15) is 0 Å². The van der Waals surface area contributed by atoms with Crippen LogP contribution in [0.4, 0.5) is 0 Å². The second-order valence-electron chi connectivity index (χ2n) is 2.76. The zero-order valence-electron chi connectivity index (χ0n) is 6.82. The first kappa shape index (κ1) is 8.52. The van der Waals surface area contributed by atoms with Gasteiger partial charge in [-0.2, -0.15) is 0 Å². The third-order valence-electron chi connectivity index (χ3n) is 1.84. The van der Waals surface area contributed by atoms with Crippen molar-refractivity contribution in [3.63, 3.8) is 0 Å². The summed E-state index contributed by atoms with van der Waals surface area (Å²) in [6, 6.07) is 11.4. The maximum Gasteiger partial charge on any atom is 0.0751 e. The van der Waals surface area contributed by atoms with Crippen LogP contribution in [0.2, 0.25) is 0 Å². The summed E-state index contributed by atoms with van der Waals surface area (Å²) >= 11 is 4.13. The van der Waals surface area contributed by atoms with E-state index in [4.69, 9.17) is 0 Å². The van der Waals surface area contributed by atoms with E-state index in [1.807, 2.05) is 12.1 Å². The van der Waals surface area contributed by atoms with Crippen LogP contribution >= 0.6 is 23.5 Å². The maximum absolute atomic E-state index is 3.05. The first-order valence-corrected chi connectivity index (χ1v) is 6.26. The lowest BCUT2D eigenvalue weighted by atomic mass is 10.2. The zero-order valence-corrected chi connectivity index (χ0v) is 8.46. The second kappa shape index (κ2) is 4.24. The minimum atomic E-state index is 0.674. The van der Waals surface area contributed by atoms with Crippen LogP contribution in [0.25, 0.3) is 0 Å². The lowest BCUT2D eigenvalue weighted by Crippen LogP contribution is -1.99. The fourth-order valence-corrected chi connectivity index (χ4v) is 4.13. The minimum absolute atomic E-state index is 0.674. The maximum atomic E-state index is 3.05. The number of thioether (sulfide) groups is 2. The highest BCUT2D eigenvalue weighted by Gasteiger charge is 2.15. The quantitative estimate of drug-likeness (QED) is 0.674. The van der Waals surface area contributed by atoms with Crippen LogP contribution in [0.1, 0.15) is 16.6 Å². The molecule has 1 radical (unpaired) electrons. The van der Waals surface area contributed by atoms with E-state index in [0.717, 1.165) is 0 Å². The molecule has 1 fully saturated rings. The predicted molar refractivity (Wildman–Crippen MR) is 57.6 cm³/mol. The van der Waals surface area contributed by atoms with Gasteiger partial charge in [-0.05, 0) is 29.6 Å². The molecule has 1 aliphatic rings. The molecule has 2 heteroatoms. The van der Waals surface area contributed by atoms with E-state index >= 15 is 0 Å². The largest absolute Gasteiger partial charge is 0.143 e. The molecule has 63 valence electrons. The summed E-state index contributed by atoms with van der Waals surface area (Å²) in [5, 5.41) is 0. The van der Waals surface area contributed by atoms with Gasteiger partial charge in [0, 0.05) is 0 Å². The van der Waals surface area contributed by atoms with E-state index in [2.05, 4.69) is 41.7 Å². The Balaban J connectivity index is 2.08. The monoisotopic (exact) mass is 195 g/mol. The van der Waals surface area contributed by atoms with Gasteiger partial charge in [-0.25, -0.2) is 0 Å². The summed E-state index contributed by atoms with van der Waals surface area (Å²) in [7, 11) is 0. The number of hydrogen-bond donors (Lipinski definition) is 0. The summed E-state index contributed by atoms with van der Waals surface area (Å²) in [6.07, 6.45) is 1.37. The van der Waals surface area contributed by atoms with Crippen LogP contribution in [0.3, 0.4) is 0 Å². The fourth-order valence-electron chi connectivity index (χ4n) is 1.24. The Hall–Kier alpha value is -0.0800. The lowest BCUT2D eigenvalue weighted by molar-refractivity contribution is 1.10. The molecule has 1 aliphatic heterocycles. The molecular formula is C10H11S2. The van der Waals surface area contributed by atoms with Crippen LogP contribution in [0.15, 0.2) is 24.3 Å². The normalized spacial score (nSPS) is 19.3. The van der Waals surface area contributed by atoms with Gasteiger partial charge < -0.3 is 0 Å². The Kier molecular flexibility index (Phi) is 3.01. The molecule has 1 saturated heterocycles. The van der Waals surface area contributed by atoms with E-state index in [1.54, 1.807) is 0 Å². The summed E-state index contributed by atoms with van der Waals surface area (Å²) in [6.45, 7) is 0. The standard InChI is InChI=1S/C10H11S2/c1-2-5-9(6-3-1)10-11-7-4-8-12-10/h2-3,5-6,10H,4,7-8H2. The van der Waals surface area contributed by atoms with Crippen LogP contribution in [-0.2, 0) is 0 Å². The van der Waals surface area contributed by atoms with Crippen molar-refractivity contribution in [1.29, 1.82) is 0 Å². The Morgan fingerprint density at radius 3 is 2.50 bits per heavy atom. The van der Waals surface area contributed by atoms with Gasteiger partial charge in [-0.3, -0.25) is 0 Å². The third-order valence-corrected chi connectivity index (χ3v) is 4.86. The van der Waals surface area contributed by atoms with Crippen molar-refractivity contribution < 1.29 is 0 Å². The van der Waals surface area contributed by atoms with Crippen molar-refractivity contribution in [3.8, 4) is 0 Å². The van der Waals surface area contributed by atoms with Gasteiger partial charge in [0.2, 0.25) is 0 Å². The molecule has 0 spiro atoms. The predicted octanol–water partition coefficient (Wildman–Crippen LogP) is 3.36. The smallest absolute Gasteiger partial charge is 0.0751 e. The Bertz CT molecular complexity index is 227. The molecule has 1 aromatic rings. The van der Waals surface area contributed by atoms with Crippen LogP contribution in [0, 0.1) is 6.07 Å². The lowest BCUT2D eigenvalue weighted by Gasteiger charge is -2.20. The van der Waals surface area contributed by atoms with Gasteiger partial charge in [0.25, 0.3) is 0 Å². The topological polar surface area (TPSA) is 0 Å². The SMILES string of the molecule is [c]1ccc(C2SCCCS2)cc1. The molecule has 0 unspecified atom stereocenters. The molecule has 1 heterocycles. The van der Waals surface area contributed by atoms with Crippen molar-refractivity contribution >= 4 is 23.5 Å². The van der Waals surface area contributed by atoms with E-state index < -0.39 is 0 Å². The Labute approximate surface area is 82.1 Å². The second-order valence-corrected chi connectivity index (χ2v) is 5.48. The highest BCUT2D eigenvalue weighted by atomic mass is 32.2. The number of rotatable bonds is 1. The molecule has 12 heavy (non-hydrogen) atoms. The van der Waals surface area contributed by atoms with Crippen molar-refractivity contribution in [3.05, 3.63) is 35.9 Å². The van der Waals surface area contributed by atoms with E-state index in [-0.39, 0.29) is 0 Å². The molecule has 0 bridgehead atoms. The van der Waals surface area contributed by atoms with Crippen molar-refractivity contribution in [1.82, 2.24) is 0 Å². The van der Waals surface area contributed by atoms with Gasteiger partial charge in [-0.1, -0.05) is 24.3 Å². The molecule has 0 amide bonds. The summed E-state index contributed by atoms with van der Waals surface area (Å²) < 4.78 is 0.674. The molecule has 0 aliphatic carbocycles. The first-order chi connectivity index (χ1) is 5.97. The molecule has 0 atom stereocenters. The molecule has 0 nitrogen and oxygen atoms in total. The zero-order chi connectivity index (χ0) is 8.23. The average molecular weight is 195 g/mol. The van der Waals surface area contributed by atoms with Crippen molar-refractivity contribution in [2.24, 2.45) is 0 Å². The molecule has 0 saturated carbocycles. The van der Waals surface area contributed by atoms with E-state index in [0.29, 0.717) is 4.58 Å². The van der Waals surface area contributed by atoms with Gasteiger partial charge in [0.05, 0.1) is 4.58 Å². The minimum Gasteiger partial charge on any atom is -0.143 e. The Morgan fingerprint density at radius 2 is 1.83 bits per heavy atom. The van der Waals surface area contributed by atoms with Gasteiger partial charge in [-0.15, -0.1) is 23.5 Å². The van der Waals surface area contributed by atoms with Gasteiger partial charge in [0.1, 0.15) is 0 Å². The number of hydrogen-bond acceptors (Lipinski definition) is 2. The number of benzene rings is 1.